The molecule has 0 N–H and O–H groups in total. The number of hydrogen-bond acceptors (Lipinski definition) is 5. The van der Waals surface area contributed by atoms with Crippen molar-refractivity contribution in [2.24, 2.45) is 14.1 Å². The minimum atomic E-state index is -0.380. The Balaban J connectivity index is 1.80. The van der Waals surface area contributed by atoms with Gasteiger partial charge in [0, 0.05) is 27.2 Å². The van der Waals surface area contributed by atoms with Crippen molar-refractivity contribution in [3.05, 3.63) is 27.2 Å². The molecule has 0 saturated carbocycles. The molecule has 0 radical (unpaired) electrons. The summed E-state index contributed by atoms with van der Waals surface area (Å²) < 4.78 is 15.4. The van der Waals surface area contributed by atoms with Crippen LogP contribution >= 0.6 is 0 Å². The molecule has 1 saturated heterocycles. The van der Waals surface area contributed by atoms with Gasteiger partial charge in [-0.1, -0.05) is 0 Å². The molecule has 22 heavy (non-hydrogen) atoms. The van der Waals surface area contributed by atoms with Gasteiger partial charge >= 0.3 is 5.69 Å². The maximum Gasteiger partial charge on any atom is 0.332 e. The third-order valence-electron chi connectivity index (χ3n) is 3.99. The highest BCUT2D eigenvalue weighted by molar-refractivity contribution is 5.69. The molecule has 2 aromatic rings. The quantitative estimate of drug-likeness (QED) is 0.793. The Morgan fingerprint density at radius 3 is 2.86 bits per heavy atom. The molecule has 3 rings (SSSR count). The SMILES string of the molecule is Cn1c(=O)c2c(ncn2CCOC2CCCCO2)n(C)c1=O. The molecule has 1 aliphatic rings. The molecule has 0 amide bonds. The van der Waals surface area contributed by atoms with Crippen LogP contribution in [0, 0.1) is 0 Å². The summed E-state index contributed by atoms with van der Waals surface area (Å²) in [4.78, 5) is 28.3. The summed E-state index contributed by atoms with van der Waals surface area (Å²) in [6.45, 7) is 1.66. The molecule has 0 aliphatic carbocycles. The van der Waals surface area contributed by atoms with Crippen LogP contribution in [0.2, 0.25) is 0 Å². The predicted octanol–water partition coefficient (Wildman–Crippen LogP) is -0.0231. The van der Waals surface area contributed by atoms with E-state index in [0.29, 0.717) is 24.3 Å². The minimum Gasteiger partial charge on any atom is -0.353 e. The predicted molar refractivity (Wildman–Crippen MR) is 79.8 cm³/mol. The van der Waals surface area contributed by atoms with E-state index >= 15 is 0 Å². The summed E-state index contributed by atoms with van der Waals surface area (Å²) in [7, 11) is 3.07. The van der Waals surface area contributed by atoms with E-state index in [1.165, 1.54) is 11.6 Å². The molecule has 1 unspecified atom stereocenters. The van der Waals surface area contributed by atoms with Crippen LogP contribution in [0.25, 0.3) is 11.2 Å². The second-order valence-electron chi connectivity index (χ2n) is 5.48. The minimum absolute atomic E-state index is 0.157. The second kappa shape index (κ2) is 6.05. The molecule has 0 bridgehead atoms. The zero-order chi connectivity index (χ0) is 15.7. The van der Waals surface area contributed by atoms with Gasteiger partial charge in [-0.25, -0.2) is 9.78 Å². The highest BCUT2D eigenvalue weighted by Crippen LogP contribution is 2.14. The maximum atomic E-state index is 12.3. The summed E-state index contributed by atoms with van der Waals surface area (Å²) in [6.07, 6.45) is 4.50. The monoisotopic (exact) mass is 308 g/mol. The molecule has 8 nitrogen and oxygen atoms in total. The second-order valence-corrected chi connectivity index (χ2v) is 5.48. The largest absolute Gasteiger partial charge is 0.353 e. The van der Waals surface area contributed by atoms with Crippen LogP contribution in [0.5, 0.6) is 0 Å². The molecule has 8 heteroatoms. The Morgan fingerprint density at radius 1 is 1.32 bits per heavy atom. The van der Waals surface area contributed by atoms with Gasteiger partial charge in [0.1, 0.15) is 0 Å². The van der Waals surface area contributed by atoms with Gasteiger partial charge < -0.3 is 14.0 Å². The summed E-state index contributed by atoms with van der Waals surface area (Å²) >= 11 is 0. The molecule has 0 spiro atoms. The van der Waals surface area contributed by atoms with Crippen LogP contribution in [-0.2, 0) is 30.1 Å². The lowest BCUT2D eigenvalue weighted by atomic mass is 10.2. The number of rotatable bonds is 4. The Hall–Kier alpha value is -1.93. The average molecular weight is 308 g/mol. The van der Waals surface area contributed by atoms with Crippen LogP contribution in [0.15, 0.2) is 15.9 Å². The third kappa shape index (κ3) is 2.59. The molecule has 1 atom stereocenters. The van der Waals surface area contributed by atoms with E-state index in [9.17, 15) is 9.59 Å². The van der Waals surface area contributed by atoms with Gasteiger partial charge in [-0.05, 0) is 19.3 Å². The van der Waals surface area contributed by atoms with E-state index in [1.54, 1.807) is 17.9 Å². The summed E-state index contributed by atoms with van der Waals surface area (Å²) in [5, 5.41) is 0. The number of nitrogens with zero attached hydrogens (tertiary/aromatic N) is 4. The first kappa shape index (κ1) is 15.0. The molecule has 1 fully saturated rings. The van der Waals surface area contributed by atoms with E-state index in [2.05, 4.69) is 4.98 Å². The highest BCUT2D eigenvalue weighted by atomic mass is 16.7. The van der Waals surface area contributed by atoms with Gasteiger partial charge in [0.15, 0.2) is 17.5 Å². The van der Waals surface area contributed by atoms with Crippen molar-refractivity contribution < 1.29 is 9.47 Å². The third-order valence-corrected chi connectivity index (χ3v) is 3.99. The first-order valence-corrected chi connectivity index (χ1v) is 7.43. The van der Waals surface area contributed by atoms with Crippen LogP contribution in [-0.4, -0.2) is 38.2 Å². The summed E-state index contributed by atoms with van der Waals surface area (Å²) in [5.74, 6) is 0. The van der Waals surface area contributed by atoms with Gasteiger partial charge in [0.25, 0.3) is 5.56 Å². The van der Waals surface area contributed by atoms with E-state index in [-0.39, 0.29) is 17.5 Å². The fraction of sp³-hybridized carbons (Fsp3) is 0.643. The molecule has 2 aromatic heterocycles. The van der Waals surface area contributed by atoms with Crippen molar-refractivity contribution in [2.45, 2.75) is 32.1 Å². The van der Waals surface area contributed by atoms with Crippen LogP contribution < -0.4 is 11.2 Å². The lowest BCUT2D eigenvalue weighted by Crippen LogP contribution is -2.37. The standard InChI is InChI=1S/C14H20N4O4/c1-16-12-11(13(19)17(2)14(16)20)18(9-15-12)6-8-22-10-5-3-4-7-21-10/h9-10H,3-8H2,1-2H3. The van der Waals surface area contributed by atoms with E-state index in [0.717, 1.165) is 30.4 Å². The van der Waals surface area contributed by atoms with Gasteiger partial charge in [-0.3, -0.25) is 13.9 Å². The zero-order valence-electron chi connectivity index (χ0n) is 12.8. The maximum absolute atomic E-state index is 12.3. The Kier molecular flexibility index (Phi) is 4.12. The first-order valence-electron chi connectivity index (χ1n) is 7.43. The number of aromatic nitrogens is 4. The van der Waals surface area contributed by atoms with Crippen molar-refractivity contribution in [1.82, 2.24) is 18.7 Å². The number of imidazole rings is 1. The number of aryl methyl sites for hydroxylation is 1. The van der Waals surface area contributed by atoms with Crippen molar-refractivity contribution in [1.29, 1.82) is 0 Å². The molecular weight excluding hydrogens is 288 g/mol. The fourth-order valence-electron chi connectivity index (χ4n) is 2.69. The topological polar surface area (TPSA) is 80.3 Å². The average Bonchev–Trinajstić information content (AvgIpc) is 2.96. The van der Waals surface area contributed by atoms with E-state index in [4.69, 9.17) is 9.47 Å². The fourth-order valence-corrected chi connectivity index (χ4v) is 2.69. The molecular formula is C14H20N4O4. The van der Waals surface area contributed by atoms with E-state index in [1.807, 2.05) is 0 Å². The molecule has 0 aromatic carbocycles. The van der Waals surface area contributed by atoms with Gasteiger partial charge in [0.05, 0.1) is 12.9 Å². The first-order chi connectivity index (χ1) is 10.6. The van der Waals surface area contributed by atoms with E-state index < -0.39 is 0 Å². The van der Waals surface area contributed by atoms with Crippen LogP contribution in [0.3, 0.4) is 0 Å². The molecule has 120 valence electrons. The lowest BCUT2D eigenvalue weighted by molar-refractivity contribution is -0.163. The van der Waals surface area contributed by atoms with Crippen LogP contribution in [0.1, 0.15) is 19.3 Å². The zero-order valence-corrected chi connectivity index (χ0v) is 12.8. The Bertz CT molecular complexity index is 782. The lowest BCUT2D eigenvalue weighted by Gasteiger charge is -2.22. The van der Waals surface area contributed by atoms with Gasteiger partial charge in [0.2, 0.25) is 0 Å². The molecule has 3 heterocycles. The smallest absolute Gasteiger partial charge is 0.332 e. The normalized spacial score (nSPS) is 18.9. The molecule has 1 aliphatic heterocycles. The van der Waals surface area contributed by atoms with Gasteiger partial charge in [-0.2, -0.15) is 0 Å². The highest BCUT2D eigenvalue weighted by Gasteiger charge is 2.16. The van der Waals surface area contributed by atoms with Gasteiger partial charge in [-0.15, -0.1) is 0 Å². The van der Waals surface area contributed by atoms with Crippen molar-refractivity contribution >= 4 is 11.2 Å². The number of ether oxygens (including phenoxy) is 2. The van der Waals surface area contributed by atoms with Crippen molar-refractivity contribution in [2.75, 3.05) is 13.2 Å². The van der Waals surface area contributed by atoms with Crippen molar-refractivity contribution in [3.63, 3.8) is 0 Å². The number of hydrogen-bond donors (Lipinski definition) is 0. The number of fused-ring (bicyclic) bond motifs is 1. The van der Waals surface area contributed by atoms with Crippen LogP contribution in [0.4, 0.5) is 0 Å². The summed E-state index contributed by atoms with van der Waals surface area (Å²) in [6, 6.07) is 0. The Labute approximate surface area is 126 Å². The Morgan fingerprint density at radius 2 is 2.14 bits per heavy atom. The summed E-state index contributed by atoms with van der Waals surface area (Å²) in [5.41, 5.74) is 0.0823. The van der Waals surface area contributed by atoms with Crippen molar-refractivity contribution in [3.8, 4) is 0 Å².